The fourth-order valence-corrected chi connectivity index (χ4v) is 3.68. The first-order valence-electron chi connectivity index (χ1n) is 8.95. The average Bonchev–Trinajstić information content (AvgIpc) is 3.19. The summed E-state index contributed by atoms with van der Waals surface area (Å²) in [5.41, 5.74) is 2.68. The fourth-order valence-electron chi connectivity index (χ4n) is 2.92. The minimum Gasteiger partial charge on any atom is -0.325 e. The summed E-state index contributed by atoms with van der Waals surface area (Å²) in [4.78, 5) is 31.4. The number of benzene rings is 2. The van der Waals surface area contributed by atoms with Crippen LogP contribution in [0.1, 0.15) is 5.56 Å². The monoisotopic (exact) mass is 420 g/mol. The number of nitro benzene ring substituents is 1. The van der Waals surface area contributed by atoms with E-state index in [1.165, 1.54) is 36.3 Å². The maximum absolute atomic E-state index is 12.4. The van der Waals surface area contributed by atoms with Crippen LogP contribution in [0.3, 0.4) is 0 Å². The van der Waals surface area contributed by atoms with Crippen LogP contribution in [-0.2, 0) is 4.79 Å². The van der Waals surface area contributed by atoms with Crippen LogP contribution in [0.15, 0.2) is 66.1 Å². The molecule has 0 aliphatic rings. The van der Waals surface area contributed by atoms with Gasteiger partial charge in [0.05, 0.1) is 27.9 Å². The Bertz CT molecular complexity index is 1240. The average molecular weight is 420 g/mol. The molecule has 4 rings (SSSR count). The van der Waals surface area contributed by atoms with Crippen molar-refractivity contribution in [2.75, 3.05) is 11.1 Å². The summed E-state index contributed by atoms with van der Waals surface area (Å²) in [5.74, 6) is -0.113. The molecule has 2 aromatic carbocycles. The smallest absolute Gasteiger partial charge is 0.269 e. The van der Waals surface area contributed by atoms with E-state index in [-0.39, 0.29) is 17.3 Å². The molecule has 10 heteroatoms. The molecule has 1 N–H and O–H groups in total. The fraction of sp³-hybridized carbons (Fsp3) is 0.100. The molecule has 4 aromatic rings. The maximum Gasteiger partial charge on any atom is 0.269 e. The van der Waals surface area contributed by atoms with Crippen molar-refractivity contribution in [3.05, 3.63) is 76.7 Å². The Morgan fingerprint density at radius 1 is 1.20 bits per heavy atom. The van der Waals surface area contributed by atoms with E-state index in [1.807, 2.05) is 30.3 Å². The van der Waals surface area contributed by atoms with Crippen LogP contribution in [-0.4, -0.2) is 36.3 Å². The number of thioether (sulfide) groups is 1. The lowest BCUT2D eigenvalue weighted by molar-refractivity contribution is -0.384. The lowest BCUT2D eigenvalue weighted by Gasteiger charge is -2.08. The standard InChI is InChI=1S/C20H16N6O3S/c1-13-9-15(26(28)29)7-8-17(13)24-18(27)11-30-20-16-10-23-25(19(16)21-12-22-20)14-5-3-2-4-6-14/h2-10,12H,11H2,1H3,(H,24,27). The molecule has 1 amide bonds. The molecule has 0 bridgehead atoms. The largest absolute Gasteiger partial charge is 0.325 e. The van der Waals surface area contributed by atoms with Crippen LogP contribution in [0, 0.1) is 17.0 Å². The van der Waals surface area contributed by atoms with Gasteiger partial charge in [0.1, 0.15) is 11.4 Å². The van der Waals surface area contributed by atoms with E-state index in [0.29, 0.717) is 21.9 Å². The van der Waals surface area contributed by atoms with Crippen LogP contribution in [0.5, 0.6) is 0 Å². The first-order chi connectivity index (χ1) is 14.5. The lowest BCUT2D eigenvalue weighted by Crippen LogP contribution is -2.15. The van der Waals surface area contributed by atoms with Crippen molar-refractivity contribution in [1.82, 2.24) is 19.7 Å². The van der Waals surface area contributed by atoms with Crippen LogP contribution < -0.4 is 5.32 Å². The number of rotatable bonds is 6. The predicted octanol–water partition coefficient (Wildman–Crippen LogP) is 3.76. The number of aryl methyl sites for hydroxylation is 1. The Morgan fingerprint density at radius 3 is 2.73 bits per heavy atom. The number of carbonyl (C=O) groups is 1. The zero-order valence-electron chi connectivity index (χ0n) is 15.8. The van der Waals surface area contributed by atoms with Crippen molar-refractivity contribution in [1.29, 1.82) is 0 Å². The van der Waals surface area contributed by atoms with Gasteiger partial charge in [-0.15, -0.1) is 0 Å². The van der Waals surface area contributed by atoms with Gasteiger partial charge in [0.2, 0.25) is 5.91 Å². The zero-order valence-corrected chi connectivity index (χ0v) is 16.7. The summed E-state index contributed by atoms with van der Waals surface area (Å²) >= 11 is 1.27. The normalized spacial score (nSPS) is 10.8. The molecule has 0 radical (unpaired) electrons. The van der Waals surface area contributed by atoms with E-state index >= 15 is 0 Å². The number of carbonyl (C=O) groups excluding carboxylic acids is 1. The quantitative estimate of drug-likeness (QED) is 0.218. The van der Waals surface area contributed by atoms with Crippen LogP contribution in [0.4, 0.5) is 11.4 Å². The number of amides is 1. The minimum atomic E-state index is -0.468. The van der Waals surface area contributed by atoms with E-state index < -0.39 is 4.92 Å². The lowest BCUT2D eigenvalue weighted by atomic mass is 10.2. The molecule has 0 saturated heterocycles. The number of nitrogens with zero attached hydrogens (tertiary/aromatic N) is 5. The topological polar surface area (TPSA) is 116 Å². The molecular formula is C20H16N6O3S. The van der Waals surface area contributed by atoms with Crippen molar-refractivity contribution in [3.63, 3.8) is 0 Å². The van der Waals surface area contributed by atoms with Gasteiger partial charge in [0, 0.05) is 17.8 Å². The summed E-state index contributed by atoms with van der Waals surface area (Å²) in [6, 6.07) is 14.0. The number of fused-ring (bicyclic) bond motifs is 1. The van der Waals surface area contributed by atoms with Gasteiger partial charge in [0.25, 0.3) is 5.69 Å². The summed E-state index contributed by atoms with van der Waals surface area (Å²) in [6.07, 6.45) is 3.13. The van der Waals surface area contributed by atoms with E-state index in [4.69, 9.17) is 0 Å². The third-order valence-electron chi connectivity index (χ3n) is 4.36. The third-order valence-corrected chi connectivity index (χ3v) is 5.37. The molecule has 30 heavy (non-hydrogen) atoms. The number of nitrogens with one attached hydrogen (secondary N) is 1. The number of non-ortho nitro benzene ring substituents is 1. The Morgan fingerprint density at radius 2 is 2.00 bits per heavy atom. The molecule has 0 aliphatic carbocycles. The molecule has 9 nitrogen and oxygen atoms in total. The van der Waals surface area contributed by atoms with Crippen molar-refractivity contribution in [2.45, 2.75) is 11.9 Å². The summed E-state index contributed by atoms with van der Waals surface area (Å²) in [5, 5.41) is 19.4. The number of nitro groups is 1. The van der Waals surface area contributed by atoms with Crippen molar-refractivity contribution in [3.8, 4) is 5.69 Å². The van der Waals surface area contributed by atoms with E-state index in [1.54, 1.807) is 17.8 Å². The molecule has 0 fully saturated rings. The van der Waals surface area contributed by atoms with Gasteiger partial charge >= 0.3 is 0 Å². The highest BCUT2D eigenvalue weighted by Crippen LogP contribution is 2.26. The number of hydrogen-bond acceptors (Lipinski definition) is 7. The Kier molecular flexibility index (Phi) is 5.40. The molecular weight excluding hydrogens is 404 g/mol. The zero-order chi connectivity index (χ0) is 21.1. The van der Waals surface area contributed by atoms with E-state index in [0.717, 1.165) is 11.1 Å². The Balaban J connectivity index is 1.48. The highest BCUT2D eigenvalue weighted by atomic mass is 32.2. The summed E-state index contributed by atoms with van der Waals surface area (Å²) in [6.45, 7) is 1.71. The second kappa shape index (κ2) is 8.29. The molecule has 2 heterocycles. The third kappa shape index (κ3) is 3.98. The molecule has 0 aliphatic heterocycles. The molecule has 0 spiro atoms. The van der Waals surface area contributed by atoms with Gasteiger partial charge in [-0.2, -0.15) is 5.10 Å². The minimum absolute atomic E-state index is 0.0151. The molecule has 150 valence electrons. The molecule has 0 saturated carbocycles. The van der Waals surface area contributed by atoms with Crippen molar-refractivity contribution >= 4 is 40.1 Å². The van der Waals surface area contributed by atoms with Crippen molar-refractivity contribution < 1.29 is 9.72 Å². The number of anilines is 1. The Labute approximate surface area is 175 Å². The van der Waals surface area contributed by atoms with Gasteiger partial charge < -0.3 is 5.32 Å². The predicted molar refractivity (Wildman–Crippen MR) is 114 cm³/mol. The van der Waals surface area contributed by atoms with Gasteiger partial charge in [-0.25, -0.2) is 14.6 Å². The highest BCUT2D eigenvalue weighted by Gasteiger charge is 2.14. The molecule has 0 unspecified atom stereocenters. The van der Waals surface area contributed by atoms with E-state index in [9.17, 15) is 14.9 Å². The van der Waals surface area contributed by atoms with Crippen LogP contribution in [0.25, 0.3) is 16.7 Å². The van der Waals surface area contributed by atoms with Crippen LogP contribution in [0.2, 0.25) is 0 Å². The highest BCUT2D eigenvalue weighted by molar-refractivity contribution is 8.00. The number of hydrogen-bond donors (Lipinski definition) is 1. The maximum atomic E-state index is 12.4. The van der Waals surface area contributed by atoms with E-state index in [2.05, 4.69) is 20.4 Å². The Hall–Kier alpha value is -3.79. The summed E-state index contributed by atoms with van der Waals surface area (Å²) < 4.78 is 1.72. The van der Waals surface area contributed by atoms with Crippen LogP contribution >= 0.6 is 11.8 Å². The van der Waals surface area contributed by atoms with Gasteiger partial charge in [-0.05, 0) is 30.7 Å². The number of para-hydroxylation sites is 1. The van der Waals surface area contributed by atoms with Crippen molar-refractivity contribution in [2.24, 2.45) is 0 Å². The van der Waals surface area contributed by atoms with Gasteiger partial charge in [-0.1, -0.05) is 30.0 Å². The second-order valence-electron chi connectivity index (χ2n) is 6.40. The van der Waals surface area contributed by atoms with Gasteiger partial charge in [-0.3, -0.25) is 14.9 Å². The summed E-state index contributed by atoms with van der Waals surface area (Å²) in [7, 11) is 0. The second-order valence-corrected chi connectivity index (χ2v) is 7.37. The first-order valence-corrected chi connectivity index (χ1v) is 9.93. The van der Waals surface area contributed by atoms with Gasteiger partial charge in [0.15, 0.2) is 5.65 Å². The first kappa shape index (κ1) is 19.5. The number of aromatic nitrogens is 4. The SMILES string of the molecule is Cc1cc([N+](=O)[O-])ccc1NC(=O)CSc1ncnc2c1cnn2-c1ccccc1. The molecule has 0 atom stereocenters. The molecule has 2 aromatic heterocycles.